The summed E-state index contributed by atoms with van der Waals surface area (Å²) in [6, 6.07) is 4.62. The molecule has 22 heavy (non-hydrogen) atoms. The lowest BCUT2D eigenvalue weighted by atomic mass is 9.89. The monoisotopic (exact) mass is 306 g/mol. The van der Waals surface area contributed by atoms with Crippen LogP contribution in [0.1, 0.15) is 36.0 Å². The molecule has 1 aromatic carbocycles. The third-order valence-electron chi connectivity index (χ3n) is 4.82. The fraction of sp³-hybridized carbons (Fsp3) is 0.588. The molecule has 0 spiro atoms. The molecule has 120 valence electrons. The predicted molar refractivity (Wildman–Crippen MR) is 82.6 cm³/mol. The summed E-state index contributed by atoms with van der Waals surface area (Å²) in [6.07, 6.45) is 4.54. The molecule has 0 radical (unpaired) electrons. The molecular formula is C17H23FN2O2. The minimum absolute atomic E-state index is 0.126. The number of piperidine rings is 1. The normalized spacial score (nSPS) is 25.3. The Hall–Kier alpha value is -1.62. The van der Waals surface area contributed by atoms with Crippen molar-refractivity contribution in [2.24, 2.45) is 5.92 Å². The number of halogens is 1. The van der Waals surface area contributed by atoms with Crippen LogP contribution in [0.3, 0.4) is 0 Å². The minimum atomic E-state index is -0.407. The van der Waals surface area contributed by atoms with Gasteiger partial charge in [-0.1, -0.05) is 6.42 Å². The van der Waals surface area contributed by atoms with Crippen LogP contribution in [0.4, 0.5) is 4.39 Å². The Morgan fingerprint density at radius 1 is 1.36 bits per heavy atom. The fourth-order valence-electron chi connectivity index (χ4n) is 3.61. The third kappa shape index (κ3) is 3.09. The maximum atomic E-state index is 13.5. The first-order valence-corrected chi connectivity index (χ1v) is 8.05. The van der Waals surface area contributed by atoms with Gasteiger partial charge in [-0.3, -0.25) is 4.79 Å². The summed E-state index contributed by atoms with van der Waals surface area (Å²) in [5.74, 6) is 0.404. The molecule has 0 bridgehead atoms. The minimum Gasteiger partial charge on any atom is -0.496 e. The maximum Gasteiger partial charge on any atom is 0.257 e. The van der Waals surface area contributed by atoms with Crippen molar-refractivity contribution in [1.82, 2.24) is 10.2 Å². The number of fused-ring (bicyclic) bond motifs is 1. The summed E-state index contributed by atoms with van der Waals surface area (Å²) in [4.78, 5) is 14.6. The van der Waals surface area contributed by atoms with E-state index in [2.05, 4.69) is 5.32 Å². The van der Waals surface area contributed by atoms with Crippen molar-refractivity contribution in [3.8, 4) is 5.75 Å². The lowest BCUT2D eigenvalue weighted by molar-refractivity contribution is 0.0628. The van der Waals surface area contributed by atoms with Gasteiger partial charge in [0.2, 0.25) is 0 Å². The van der Waals surface area contributed by atoms with Gasteiger partial charge in [0.25, 0.3) is 5.91 Å². The van der Waals surface area contributed by atoms with E-state index in [0.29, 0.717) is 29.8 Å². The number of amides is 1. The Morgan fingerprint density at radius 2 is 2.23 bits per heavy atom. The van der Waals surface area contributed by atoms with Crippen LogP contribution in [-0.4, -0.2) is 43.6 Å². The number of nitrogens with one attached hydrogen (secondary N) is 1. The Bertz CT molecular complexity index is 549. The lowest BCUT2D eigenvalue weighted by Crippen LogP contribution is -2.50. The van der Waals surface area contributed by atoms with Gasteiger partial charge in [-0.05, 0) is 49.9 Å². The first-order valence-electron chi connectivity index (χ1n) is 8.05. The number of likely N-dealkylation sites (tertiary alicyclic amines) is 1. The van der Waals surface area contributed by atoms with Crippen LogP contribution in [0, 0.1) is 11.7 Å². The zero-order chi connectivity index (χ0) is 15.5. The van der Waals surface area contributed by atoms with E-state index in [1.807, 2.05) is 4.90 Å². The lowest BCUT2D eigenvalue weighted by Gasteiger charge is -2.38. The maximum absolute atomic E-state index is 13.5. The van der Waals surface area contributed by atoms with Crippen molar-refractivity contribution < 1.29 is 13.9 Å². The van der Waals surface area contributed by atoms with Gasteiger partial charge in [0, 0.05) is 19.1 Å². The van der Waals surface area contributed by atoms with E-state index in [1.54, 1.807) is 0 Å². The molecule has 2 saturated heterocycles. The molecule has 4 nitrogen and oxygen atoms in total. The quantitative estimate of drug-likeness (QED) is 0.912. The number of carbonyl (C=O) groups is 1. The van der Waals surface area contributed by atoms with Crippen molar-refractivity contribution in [1.29, 1.82) is 0 Å². The number of hydrogen-bond acceptors (Lipinski definition) is 3. The summed E-state index contributed by atoms with van der Waals surface area (Å²) < 4.78 is 18.7. The van der Waals surface area contributed by atoms with Crippen LogP contribution in [0.25, 0.3) is 0 Å². The first kappa shape index (κ1) is 15.3. The highest BCUT2D eigenvalue weighted by Gasteiger charge is 2.33. The smallest absolute Gasteiger partial charge is 0.257 e. The molecule has 0 saturated carbocycles. The molecule has 1 amide bonds. The van der Waals surface area contributed by atoms with Gasteiger partial charge in [-0.25, -0.2) is 4.39 Å². The highest BCUT2D eigenvalue weighted by atomic mass is 19.1. The highest BCUT2D eigenvalue weighted by Crippen LogP contribution is 2.28. The second-order valence-corrected chi connectivity index (χ2v) is 6.20. The van der Waals surface area contributed by atoms with Crippen molar-refractivity contribution >= 4 is 5.91 Å². The van der Waals surface area contributed by atoms with Crippen LogP contribution in [0.15, 0.2) is 18.2 Å². The van der Waals surface area contributed by atoms with E-state index in [9.17, 15) is 9.18 Å². The molecule has 1 aromatic rings. The molecule has 2 atom stereocenters. The van der Waals surface area contributed by atoms with Gasteiger partial charge >= 0.3 is 0 Å². The molecule has 2 aliphatic rings. The van der Waals surface area contributed by atoms with E-state index in [0.717, 1.165) is 25.9 Å². The van der Waals surface area contributed by atoms with Crippen LogP contribution in [-0.2, 0) is 0 Å². The van der Waals surface area contributed by atoms with Crippen LogP contribution in [0.5, 0.6) is 5.75 Å². The fourth-order valence-corrected chi connectivity index (χ4v) is 3.61. The summed E-state index contributed by atoms with van der Waals surface area (Å²) in [7, 11) is 1.51. The van der Waals surface area contributed by atoms with E-state index < -0.39 is 5.82 Å². The number of hydrogen-bond donors (Lipinski definition) is 1. The molecular weight excluding hydrogens is 283 g/mol. The van der Waals surface area contributed by atoms with Crippen molar-refractivity contribution in [3.63, 3.8) is 0 Å². The zero-order valence-electron chi connectivity index (χ0n) is 13.0. The Morgan fingerprint density at radius 3 is 3.05 bits per heavy atom. The second kappa shape index (κ2) is 6.65. The largest absolute Gasteiger partial charge is 0.496 e. The van der Waals surface area contributed by atoms with Crippen molar-refractivity contribution in [3.05, 3.63) is 29.6 Å². The molecule has 3 rings (SSSR count). The molecule has 0 aliphatic carbocycles. The number of methoxy groups -OCH3 is 1. The van der Waals surface area contributed by atoms with Gasteiger partial charge in [0.15, 0.2) is 0 Å². The number of benzene rings is 1. The van der Waals surface area contributed by atoms with Crippen LogP contribution >= 0.6 is 0 Å². The highest BCUT2D eigenvalue weighted by molar-refractivity contribution is 5.97. The molecule has 2 aliphatic heterocycles. The third-order valence-corrected chi connectivity index (χ3v) is 4.82. The van der Waals surface area contributed by atoms with Crippen LogP contribution in [0.2, 0.25) is 0 Å². The summed E-state index contributed by atoms with van der Waals surface area (Å²) in [5.41, 5.74) is 0.322. The first-order chi connectivity index (χ1) is 10.7. The average molecular weight is 306 g/mol. The number of rotatable bonds is 2. The summed E-state index contributed by atoms with van der Waals surface area (Å²) in [6.45, 7) is 2.54. The molecule has 2 fully saturated rings. The van der Waals surface area contributed by atoms with Crippen molar-refractivity contribution in [2.75, 3.05) is 26.7 Å². The molecule has 1 N–H and O–H groups in total. The second-order valence-electron chi connectivity index (χ2n) is 6.20. The molecule has 2 heterocycles. The van der Waals surface area contributed by atoms with E-state index >= 15 is 0 Å². The predicted octanol–water partition coefficient (Wildman–Crippen LogP) is 2.44. The van der Waals surface area contributed by atoms with Gasteiger partial charge in [0.1, 0.15) is 11.6 Å². The summed E-state index contributed by atoms with van der Waals surface area (Å²) in [5, 5.41) is 3.59. The van der Waals surface area contributed by atoms with Crippen molar-refractivity contribution in [2.45, 2.75) is 31.7 Å². The standard InChI is InChI=1S/C17H23FN2O2/c1-22-16-6-5-13(18)10-14(16)17(21)20-9-7-15-12(11-20)4-2-3-8-19-15/h5-6,10,12,15,19H,2-4,7-9,11H2,1H3/t12-,15-/m1/s1. The van der Waals surface area contributed by atoms with Gasteiger partial charge in [0.05, 0.1) is 12.7 Å². The topological polar surface area (TPSA) is 41.6 Å². The Balaban J connectivity index is 1.77. The number of carbonyl (C=O) groups excluding carboxylic acids is 1. The van der Waals surface area contributed by atoms with Gasteiger partial charge < -0.3 is 15.0 Å². The van der Waals surface area contributed by atoms with E-state index in [4.69, 9.17) is 4.74 Å². The zero-order valence-corrected chi connectivity index (χ0v) is 13.0. The molecule has 0 unspecified atom stereocenters. The van der Waals surface area contributed by atoms with E-state index in [1.165, 1.54) is 38.2 Å². The van der Waals surface area contributed by atoms with E-state index in [-0.39, 0.29) is 5.91 Å². The molecule has 5 heteroatoms. The Labute approximate surface area is 130 Å². The van der Waals surface area contributed by atoms with Crippen LogP contribution < -0.4 is 10.1 Å². The molecule has 0 aromatic heterocycles. The average Bonchev–Trinajstić information content (AvgIpc) is 2.78. The number of ether oxygens (including phenoxy) is 1. The Kier molecular flexibility index (Phi) is 4.62. The van der Waals surface area contributed by atoms with Gasteiger partial charge in [-0.2, -0.15) is 0 Å². The SMILES string of the molecule is COc1ccc(F)cc1C(=O)N1CC[C@H]2NCCCC[C@@H]2C1. The summed E-state index contributed by atoms with van der Waals surface area (Å²) >= 11 is 0. The number of nitrogens with zero attached hydrogens (tertiary/aromatic N) is 1. The van der Waals surface area contributed by atoms with Gasteiger partial charge in [-0.15, -0.1) is 0 Å².